The highest BCUT2D eigenvalue weighted by Gasteiger charge is 2.26. The second-order valence-corrected chi connectivity index (χ2v) is 8.55. The molecule has 0 spiro atoms. The zero-order valence-corrected chi connectivity index (χ0v) is 15.8. The summed E-state index contributed by atoms with van der Waals surface area (Å²) < 4.78 is 28.7. The number of rotatable bonds is 4. The summed E-state index contributed by atoms with van der Waals surface area (Å²) in [4.78, 5) is 26.7. The molecule has 6 nitrogen and oxygen atoms in total. The van der Waals surface area contributed by atoms with Crippen molar-refractivity contribution >= 4 is 21.7 Å². The number of carbonyl (C=O) groups excluding carboxylic acids is 2. The van der Waals surface area contributed by atoms with Crippen LogP contribution in [0.15, 0.2) is 23.1 Å². The van der Waals surface area contributed by atoms with Gasteiger partial charge >= 0.3 is 5.97 Å². The van der Waals surface area contributed by atoms with Gasteiger partial charge in [0, 0.05) is 19.3 Å². The summed E-state index contributed by atoms with van der Waals surface area (Å²) in [6, 6.07) is 4.32. The molecule has 1 aliphatic heterocycles. The molecule has 0 aliphatic carbocycles. The Morgan fingerprint density at radius 2 is 1.72 bits per heavy atom. The van der Waals surface area contributed by atoms with Gasteiger partial charge < -0.3 is 9.64 Å². The van der Waals surface area contributed by atoms with Crippen molar-refractivity contribution in [3.05, 3.63) is 29.3 Å². The molecule has 0 N–H and O–H groups in total. The van der Waals surface area contributed by atoms with Crippen LogP contribution in [0.1, 0.15) is 48.5 Å². The number of hydrogen-bond acceptors (Lipinski definition) is 5. The van der Waals surface area contributed by atoms with Gasteiger partial charge in [-0.25, -0.2) is 13.2 Å². The Kier molecular flexibility index (Phi) is 6.21. The van der Waals surface area contributed by atoms with Crippen LogP contribution in [-0.4, -0.2) is 50.6 Å². The molecule has 2 rings (SSSR count). The van der Waals surface area contributed by atoms with Crippen LogP contribution in [-0.2, 0) is 19.4 Å². The normalized spacial score (nSPS) is 16.8. The predicted molar refractivity (Wildman–Crippen MR) is 94.2 cm³/mol. The number of carbonyl (C=O) groups is 2. The number of likely N-dealkylation sites (tertiary alicyclic amines) is 1. The number of esters is 1. The molecule has 0 aromatic heterocycles. The van der Waals surface area contributed by atoms with Gasteiger partial charge in [0.1, 0.15) is 0 Å². The molecule has 1 saturated heterocycles. The number of nitrogens with zero attached hydrogens (tertiary/aromatic N) is 1. The number of sulfone groups is 1. The lowest BCUT2D eigenvalue weighted by Crippen LogP contribution is -2.40. The lowest BCUT2D eigenvalue weighted by atomic mass is 10.1. The molecule has 138 valence electrons. The maximum atomic E-state index is 12.5. The Morgan fingerprint density at radius 1 is 1.12 bits per heavy atom. The van der Waals surface area contributed by atoms with E-state index < -0.39 is 21.9 Å². The van der Waals surface area contributed by atoms with Gasteiger partial charge in [0.15, 0.2) is 15.9 Å². The first-order chi connectivity index (χ1) is 11.7. The average molecular weight is 367 g/mol. The summed E-state index contributed by atoms with van der Waals surface area (Å²) in [6.07, 6.45) is 4.32. The van der Waals surface area contributed by atoms with Crippen molar-refractivity contribution in [2.75, 3.05) is 19.3 Å². The van der Waals surface area contributed by atoms with E-state index in [1.165, 1.54) is 12.1 Å². The Labute approximate surface area is 149 Å². The van der Waals surface area contributed by atoms with E-state index in [4.69, 9.17) is 4.74 Å². The molecule has 0 saturated carbocycles. The third-order valence-corrected chi connectivity index (χ3v) is 5.52. The molecule has 1 fully saturated rings. The molecule has 7 heteroatoms. The van der Waals surface area contributed by atoms with Crippen LogP contribution < -0.4 is 0 Å². The maximum absolute atomic E-state index is 12.5. The number of aryl methyl sites for hydroxylation is 1. The van der Waals surface area contributed by atoms with E-state index >= 15 is 0 Å². The largest absolute Gasteiger partial charge is 0.449 e. The monoisotopic (exact) mass is 367 g/mol. The first-order valence-corrected chi connectivity index (χ1v) is 10.4. The van der Waals surface area contributed by atoms with Gasteiger partial charge in [-0.15, -0.1) is 0 Å². The lowest BCUT2D eigenvalue weighted by molar-refractivity contribution is -0.139. The van der Waals surface area contributed by atoms with Crippen molar-refractivity contribution in [3.63, 3.8) is 0 Å². The van der Waals surface area contributed by atoms with E-state index in [0.717, 1.165) is 31.9 Å². The minimum Gasteiger partial charge on any atom is -0.449 e. The fourth-order valence-corrected chi connectivity index (χ4v) is 3.52. The summed E-state index contributed by atoms with van der Waals surface area (Å²) in [6.45, 7) is 4.62. The first kappa shape index (κ1) is 19.4. The average Bonchev–Trinajstić information content (AvgIpc) is 2.82. The van der Waals surface area contributed by atoms with Crippen molar-refractivity contribution < 1.29 is 22.7 Å². The van der Waals surface area contributed by atoms with E-state index in [9.17, 15) is 18.0 Å². The molecule has 1 aromatic carbocycles. The van der Waals surface area contributed by atoms with E-state index in [2.05, 4.69) is 0 Å². The van der Waals surface area contributed by atoms with Gasteiger partial charge in [-0.1, -0.05) is 18.9 Å². The highest BCUT2D eigenvalue weighted by Crippen LogP contribution is 2.18. The highest BCUT2D eigenvalue weighted by atomic mass is 32.2. The van der Waals surface area contributed by atoms with Crippen molar-refractivity contribution in [2.45, 2.75) is 50.5 Å². The number of benzene rings is 1. The van der Waals surface area contributed by atoms with Gasteiger partial charge in [-0.2, -0.15) is 0 Å². The molecular weight excluding hydrogens is 342 g/mol. The summed E-state index contributed by atoms with van der Waals surface area (Å²) in [5.74, 6) is -0.883. The molecule has 25 heavy (non-hydrogen) atoms. The molecule has 0 bridgehead atoms. The molecule has 1 amide bonds. The van der Waals surface area contributed by atoms with E-state index in [0.29, 0.717) is 18.7 Å². The molecule has 1 heterocycles. The standard InChI is InChI=1S/C18H25NO5S/c1-13-8-9-15(25(3,22)23)12-16(13)18(21)24-14(2)17(20)19-10-6-4-5-7-11-19/h8-9,12,14H,4-7,10-11H2,1-3H3/t14-/m0/s1. The zero-order chi connectivity index (χ0) is 18.6. The number of amides is 1. The highest BCUT2D eigenvalue weighted by molar-refractivity contribution is 7.90. The zero-order valence-electron chi connectivity index (χ0n) is 14.9. The number of hydrogen-bond donors (Lipinski definition) is 0. The van der Waals surface area contributed by atoms with Gasteiger partial charge in [0.2, 0.25) is 0 Å². The minimum atomic E-state index is -3.42. The number of ether oxygens (including phenoxy) is 1. The maximum Gasteiger partial charge on any atom is 0.339 e. The Hall–Kier alpha value is -1.89. The lowest BCUT2D eigenvalue weighted by Gasteiger charge is -2.24. The Bertz CT molecular complexity index is 749. The van der Waals surface area contributed by atoms with E-state index in [1.54, 1.807) is 24.8 Å². The summed E-state index contributed by atoms with van der Waals surface area (Å²) in [5, 5.41) is 0. The van der Waals surface area contributed by atoms with Crippen LogP contribution in [0.25, 0.3) is 0 Å². The van der Waals surface area contributed by atoms with Crippen LogP contribution >= 0.6 is 0 Å². The second kappa shape index (κ2) is 7.99. The Morgan fingerprint density at radius 3 is 2.28 bits per heavy atom. The van der Waals surface area contributed by atoms with Crippen LogP contribution in [0.3, 0.4) is 0 Å². The Balaban J connectivity index is 2.11. The van der Waals surface area contributed by atoms with Crippen LogP contribution in [0, 0.1) is 6.92 Å². The fraction of sp³-hybridized carbons (Fsp3) is 0.556. The molecule has 1 aliphatic rings. The van der Waals surface area contributed by atoms with Crippen molar-refractivity contribution in [3.8, 4) is 0 Å². The second-order valence-electron chi connectivity index (χ2n) is 6.54. The molecule has 0 radical (unpaired) electrons. The van der Waals surface area contributed by atoms with Crippen molar-refractivity contribution in [2.24, 2.45) is 0 Å². The van der Waals surface area contributed by atoms with Gasteiger partial charge in [0.25, 0.3) is 5.91 Å². The quantitative estimate of drug-likeness (QED) is 0.763. The molecular formula is C18H25NO5S. The van der Waals surface area contributed by atoms with E-state index in [1.807, 2.05) is 0 Å². The SMILES string of the molecule is Cc1ccc(S(C)(=O)=O)cc1C(=O)O[C@@H](C)C(=O)N1CCCCCC1. The van der Waals surface area contributed by atoms with Crippen LogP contribution in [0.2, 0.25) is 0 Å². The van der Waals surface area contributed by atoms with Gasteiger partial charge in [0.05, 0.1) is 10.5 Å². The smallest absolute Gasteiger partial charge is 0.339 e. The topological polar surface area (TPSA) is 80.7 Å². The minimum absolute atomic E-state index is 0.0524. The van der Waals surface area contributed by atoms with E-state index in [-0.39, 0.29) is 16.4 Å². The fourth-order valence-electron chi connectivity index (χ4n) is 2.87. The van der Waals surface area contributed by atoms with Crippen molar-refractivity contribution in [1.29, 1.82) is 0 Å². The summed E-state index contributed by atoms with van der Waals surface area (Å²) >= 11 is 0. The predicted octanol–water partition coefficient (Wildman–Crippen LogP) is 2.35. The van der Waals surface area contributed by atoms with Gasteiger partial charge in [-0.3, -0.25) is 4.79 Å². The van der Waals surface area contributed by atoms with Gasteiger partial charge in [-0.05, 0) is 44.4 Å². The third-order valence-electron chi connectivity index (χ3n) is 4.41. The van der Waals surface area contributed by atoms with Crippen molar-refractivity contribution in [1.82, 2.24) is 4.90 Å². The summed E-state index contributed by atoms with van der Waals surface area (Å²) in [7, 11) is -3.42. The summed E-state index contributed by atoms with van der Waals surface area (Å²) in [5.41, 5.74) is 0.769. The molecule has 0 unspecified atom stereocenters. The molecule has 1 aromatic rings. The van der Waals surface area contributed by atoms with Crippen LogP contribution in [0.4, 0.5) is 0 Å². The first-order valence-electron chi connectivity index (χ1n) is 8.50. The third kappa shape index (κ3) is 5.04. The molecule has 1 atom stereocenters. The van der Waals surface area contributed by atoms with Crippen LogP contribution in [0.5, 0.6) is 0 Å².